The van der Waals surface area contributed by atoms with Gasteiger partial charge in [-0.25, -0.2) is 4.98 Å². The molecule has 156 valence electrons. The average molecular weight is 474 g/mol. The highest BCUT2D eigenvalue weighted by atomic mass is 79.9. The summed E-state index contributed by atoms with van der Waals surface area (Å²) in [5.41, 5.74) is 4.37. The van der Waals surface area contributed by atoms with Gasteiger partial charge in [0.2, 0.25) is 5.91 Å². The van der Waals surface area contributed by atoms with Crippen LogP contribution in [0.25, 0.3) is 17.1 Å². The number of rotatable bonds is 8. The van der Waals surface area contributed by atoms with Gasteiger partial charge in [-0.05, 0) is 47.9 Å². The molecule has 0 saturated heterocycles. The summed E-state index contributed by atoms with van der Waals surface area (Å²) in [5, 5.41) is 2.96. The molecule has 0 fully saturated rings. The van der Waals surface area contributed by atoms with Crippen LogP contribution in [0.3, 0.4) is 0 Å². The van der Waals surface area contributed by atoms with Crippen molar-refractivity contribution in [2.45, 2.75) is 19.4 Å². The van der Waals surface area contributed by atoms with Crippen molar-refractivity contribution in [3.8, 4) is 0 Å². The maximum atomic E-state index is 12.1. The van der Waals surface area contributed by atoms with Gasteiger partial charge in [0.25, 0.3) is 0 Å². The van der Waals surface area contributed by atoms with Crippen LogP contribution in [0.4, 0.5) is 0 Å². The first-order chi connectivity index (χ1) is 15.2. The lowest BCUT2D eigenvalue weighted by molar-refractivity contribution is -0.116. The molecule has 5 heteroatoms. The molecule has 1 heterocycles. The zero-order valence-electron chi connectivity index (χ0n) is 17.2. The van der Waals surface area contributed by atoms with Crippen molar-refractivity contribution in [1.82, 2.24) is 14.9 Å². The Labute approximate surface area is 190 Å². The normalized spacial score (nSPS) is 11.3. The van der Waals surface area contributed by atoms with E-state index >= 15 is 0 Å². The zero-order valence-corrected chi connectivity index (χ0v) is 18.8. The number of halogens is 1. The first-order valence-electron chi connectivity index (χ1n) is 10.4. The lowest BCUT2D eigenvalue weighted by Crippen LogP contribution is -2.22. The van der Waals surface area contributed by atoms with E-state index in [1.165, 1.54) is 5.56 Å². The second-order valence-electron chi connectivity index (χ2n) is 7.37. The van der Waals surface area contributed by atoms with Crippen molar-refractivity contribution in [3.63, 3.8) is 0 Å². The van der Waals surface area contributed by atoms with Crippen molar-refractivity contribution in [2.24, 2.45) is 0 Å². The van der Waals surface area contributed by atoms with Crippen molar-refractivity contribution < 1.29 is 4.79 Å². The molecule has 3 aromatic carbocycles. The molecule has 0 aliphatic heterocycles. The van der Waals surface area contributed by atoms with Crippen LogP contribution in [0.15, 0.2) is 89.4 Å². The van der Waals surface area contributed by atoms with Gasteiger partial charge in [-0.3, -0.25) is 4.79 Å². The summed E-state index contributed by atoms with van der Waals surface area (Å²) >= 11 is 3.56. The van der Waals surface area contributed by atoms with E-state index in [9.17, 15) is 4.79 Å². The molecule has 0 unspecified atom stereocenters. The first kappa shape index (κ1) is 21.1. The van der Waals surface area contributed by atoms with Gasteiger partial charge in [0.15, 0.2) is 0 Å². The Morgan fingerprint density at radius 2 is 1.81 bits per heavy atom. The van der Waals surface area contributed by atoms with E-state index in [0.29, 0.717) is 6.54 Å². The molecule has 0 spiro atoms. The van der Waals surface area contributed by atoms with Gasteiger partial charge >= 0.3 is 0 Å². The van der Waals surface area contributed by atoms with Crippen LogP contribution in [0.1, 0.15) is 23.4 Å². The Hall–Kier alpha value is -3.18. The van der Waals surface area contributed by atoms with Crippen LogP contribution < -0.4 is 5.32 Å². The molecule has 0 radical (unpaired) electrons. The number of nitrogens with zero attached hydrogens (tertiary/aromatic N) is 2. The number of para-hydroxylation sites is 2. The molecule has 31 heavy (non-hydrogen) atoms. The van der Waals surface area contributed by atoms with Gasteiger partial charge in [-0.15, -0.1) is 0 Å². The Kier molecular flexibility index (Phi) is 6.95. The number of aromatic nitrogens is 2. The minimum atomic E-state index is -0.0773. The molecule has 4 aromatic rings. The van der Waals surface area contributed by atoms with E-state index in [2.05, 4.69) is 50.1 Å². The van der Waals surface area contributed by atoms with Gasteiger partial charge < -0.3 is 9.88 Å². The Balaban J connectivity index is 1.39. The summed E-state index contributed by atoms with van der Waals surface area (Å²) in [6.45, 7) is 1.37. The maximum absolute atomic E-state index is 12.1. The molecule has 0 aliphatic rings. The smallest absolute Gasteiger partial charge is 0.243 e. The second-order valence-corrected chi connectivity index (χ2v) is 8.29. The second kappa shape index (κ2) is 10.2. The fraction of sp³-hybridized carbons (Fsp3) is 0.154. The molecular formula is C26H24BrN3O. The molecule has 1 amide bonds. The maximum Gasteiger partial charge on any atom is 0.243 e. The quantitative estimate of drug-likeness (QED) is 0.267. The number of hydrogen-bond donors (Lipinski definition) is 1. The van der Waals surface area contributed by atoms with Crippen LogP contribution in [-0.4, -0.2) is 22.0 Å². The minimum absolute atomic E-state index is 0.0773. The number of imidazole rings is 1. The van der Waals surface area contributed by atoms with Crippen molar-refractivity contribution >= 4 is 38.9 Å². The van der Waals surface area contributed by atoms with Gasteiger partial charge in [0.05, 0.1) is 11.0 Å². The number of benzene rings is 3. The summed E-state index contributed by atoms with van der Waals surface area (Å²) in [6, 6.07) is 26.4. The van der Waals surface area contributed by atoms with Crippen LogP contribution in [0.2, 0.25) is 0 Å². The third-order valence-corrected chi connectivity index (χ3v) is 5.56. The van der Waals surface area contributed by atoms with E-state index in [0.717, 1.165) is 46.3 Å². The number of amides is 1. The molecular weight excluding hydrogens is 450 g/mol. The number of fused-ring (bicyclic) bond motifs is 1. The van der Waals surface area contributed by atoms with E-state index in [1.54, 1.807) is 6.08 Å². The van der Waals surface area contributed by atoms with Crippen molar-refractivity contribution in [2.75, 3.05) is 6.54 Å². The Morgan fingerprint density at radius 1 is 1.00 bits per heavy atom. The summed E-state index contributed by atoms with van der Waals surface area (Å²) in [6.07, 6.45) is 5.03. The van der Waals surface area contributed by atoms with Crippen LogP contribution in [-0.2, 0) is 17.8 Å². The lowest BCUT2D eigenvalue weighted by atomic mass is 10.2. The highest BCUT2D eigenvalue weighted by Gasteiger charge is 2.11. The number of carbonyl (C=O) groups is 1. The highest BCUT2D eigenvalue weighted by molar-refractivity contribution is 9.10. The molecule has 4 nitrogen and oxygen atoms in total. The zero-order chi connectivity index (χ0) is 21.5. The standard InChI is InChI=1S/C26H24BrN3O/c27-22-11-6-10-21(18-22)19-30-24-13-5-4-12-23(24)29-25(30)14-7-17-28-26(31)16-15-20-8-2-1-3-9-20/h1-6,8-13,15-16,18H,7,14,17,19H2,(H,28,31)/b16-15-. The third kappa shape index (κ3) is 5.70. The number of nitrogens with one attached hydrogen (secondary N) is 1. The van der Waals surface area contributed by atoms with Gasteiger partial charge in [0.1, 0.15) is 5.82 Å². The van der Waals surface area contributed by atoms with E-state index in [4.69, 9.17) is 4.98 Å². The van der Waals surface area contributed by atoms with Gasteiger partial charge in [-0.1, -0.05) is 70.5 Å². The number of hydrogen-bond acceptors (Lipinski definition) is 2. The summed E-state index contributed by atoms with van der Waals surface area (Å²) in [7, 11) is 0. The average Bonchev–Trinajstić information content (AvgIpc) is 3.13. The van der Waals surface area contributed by atoms with Gasteiger partial charge in [0, 0.05) is 30.1 Å². The molecule has 0 aliphatic carbocycles. The largest absolute Gasteiger partial charge is 0.353 e. The Morgan fingerprint density at radius 3 is 2.65 bits per heavy atom. The molecule has 4 rings (SSSR count). The van der Waals surface area contributed by atoms with E-state index < -0.39 is 0 Å². The van der Waals surface area contributed by atoms with Crippen LogP contribution in [0, 0.1) is 0 Å². The molecule has 0 bridgehead atoms. The molecule has 0 saturated carbocycles. The van der Waals surface area contributed by atoms with E-state index in [1.807, 2.05) is 60.7 Å². The SMILES string of the molecule is O=C(/C=C\c1ccccc1)NCCCc1nc2ccccc2n1Cc1cccc(Br)c1. The van der Waals surface area contributed by atoms with Crippen LogP contribution in [0.5, 0.6) is 0 Å². The number of carbonyl (C=O) groups excluding carboxylic acids is 1. The predicted molar refractivity (Wildman–Crippen MR) is 130 cm³/mol. The fourth-order valence-electron chi connectivity index (χ4n) is 3.56. The number of aryl methyl sites for hydroxylation is 1. The van der Waals surface area contributed by atoms with Crippen molar-refractivity contribution in [1.29, 1.82) is 0 Å². The Bertz CT molecular complexity index is 1200. The third-order valence-electron chi connectivity index (χ3n) is 5.07. The lowest BCUT2D eigenvalue weighted by Gasteiger charge is -2.10. The topological polar surface area (TPSA) is 46.9 Å². The summed E-state index contributed by atoms with van der Waals surface area (Å²) in [4.78, 5) is 16.9. The van der Waals surface area contributed by atoms with Gasteiger partial charge in [-0.2, -0.15) is 0 Å². The predicted octanol–water partition coefficient (Wildman–Crippen LogP) is 5.61. The highest BCUT2D eigenvalue weighted by Crippen LogP contribution is 2.20. The first-order valence-corrected chi connectivity index (χ1v) is 11.2. The summed E-state index contributed by atoms with van der Waals surface area (Å²) < 4.78 is 3.34. The molecule has 1 aromatic heterocycles. The monoisotopic (exact) mass is 473 g/mol. The molecule has 0 atom stereocenters. The molecule has 1 N–H and O–H groups in total. The minimum Gasteiger partial charge on any atom is -0.353 e. The van der Waals surface area contributed by atoms with Crippen LogP contribution >= 0.6 is 15.9 Å². The fourth-order valence-corrected chi connectivity index (χ4v) is 4.01. The van der Waals surface area contributed by atoms with E-state index in [-0.39, 0.29) is 5.91 Å². The summed E-state index contributed by atoms with van der Waals surface area (Å²) in [5.74, 6) is 0.960. The van der Waals surface area contributed by atoms with Crippen molar-refractivity contribution in [3.05, 3.63) is 106 Å².